The summed E-state index contributed by atoms with van der Waals surface area (Å²) in [6, 6.07) is 20.9. The molecule has 0 radical (unpaired) electrons. The van der Waals surface area contributed by atoms with E-state index < -0.39 is 0 Å². The molecule has 2 amide bonds. The van der Waals surface area contributed by atoms with Gasteiger partial charge in [0.25, 0.3) is 11.8 Å². The van der Waals surface area contributed by atoms with Gasteiger partial charge in [-0.25, -0.2) is 4.90 Å². The molecular formula is C30H32N2O3. The molecule has 0 fully saturated rings. The first kappa shape index (κ1) is 24.3. The van der Waals surface area contributed by atoms with Crippen molar-refractivity contribution in [1.82, 2.24) is 0 Å². The molecule has 0 bridgehead atoms. The zero-order valence-corrected chi connectivity index (χ0v) is 21.2. The van der Waals surface area contributed by atoms with Gasteiger partial charge in [-0.3, -0.25) is 9.59 Å². The fourth-order valence-corrected chi connectivity index (χ4v) is 4.19. The highest BCUT2D eigenvalue weighted by molar-refractivity contribution is 6.46. The third-order valence-corrected chi connectivity index (χ3v) is 6.38. The predicted molar refractivity (Wildman–Crippen MR) is 142 cm³/mol. The van der Waals surface area contributed by atoms with Crippen molar-refractivity contribution in [1.29, 1.82) is 0 Å². The molecule has 1 heterocycles. The Labute approximate surface area is 207 Å². The van der Waals surface area contributed by atoms with E-state index >= 15 is 0 Å². The summed E-state index contributed by atoms with van der Waals surface area (Å²) in [6.45, 7) is 12.8. The molecule has 0 aromatic heterocycles. The number of hydrogen-bond donors (Lipinski definition) is 1. The minimum Gasteiger partial charge on any atom is -0.494 e. The minimum atomic E-state index is -0.368. The molecule has 4 rings (SSSR count). The highest BCUT2D eigenvalue weighted by Gasteiger charge is 2.41. The largest absolute Gasteiger partial charge is 0.494 e. The van der Waals surface area contributed by atoms with E-state index in [1.165, 1.54) is 10.5 Å². The van der Waals surface area contributed by atoms with E-state index in [2.05, 4.69) is 26.1 Å². The highest BCUT2D eigenvalue weighted by atomic mass is 16.5. The Bertz CT molecular complexity index is 1300. The molecule has 35 heavy (non-hydrogen) atoms. The maximum atomic E-state index is 13.8. The molecule has 3 aromatic rings. The molecule has 0 spiro atoms. The Morgan fingerprint density at radius 3 is 2.11 bits per heavy atom. The number of benzene rings is 3. The number of amides is 2. The van der Waals surface area contributed by atoms with E-state index in [1.807, 2.05) is 87.5 Å². The van der Waals surface area contributed by atoms with Gasteiger partial charge >= 0.3 is 0 Å². The average Bonchev–Trinajstić information content (AvgIpc) is 3.05. The number of rotatable bonds is 6. The van der Waals surface area contributed by atoms with Crippen molar-refractivity contribution >= 4 is 28.8 Å². The van der Waals surface area contributed by atoms with Crippen LogP contribution in [0, 0.1) is 13.8 Å². The van der Waals surface area contributed by atoms with Crippen LogP contribution in [0.15, 0.2) is 72.4 Å². The molecule has 0 unspecified atom stereocenters. The van der Waals surface area contributed by atoms with Gasteiger partial charge in [0, 0.05) is 5.69 Å². The zero-order valence-electron chi connectivity index (χ0n) is 21.2. The van der Waals surface area contributed by atoms with E-state index in [0.717, 1.165) is 16.8 Å². The van der Waals surface area contributed by atoms with Crippen molar-refractivity contribution in [2.24, 2.45) is 0 Å². The van der Waals surface area contributed by atoms with Gasteiger partial charge in [0.2, 0.25) is 0 Å². The number of aryl methyl sites for hydroxylation is 1. The lowest BCUT2D eigenvalue weighted by molar-refractivity contribution is -0.120. The Hall–Kier alpha value is -3.86. The normalized spacial score (nSPS) is 14.1. The van der Waals surface area contributed by atoms with E-state index in [9.17, 15) is 9.59 Å². The van der Waals surface area contributed by atoms with Gasteiger partial charge in [-0.05, 0) is 78.8 Å². The molecule has 3 aromatic carbocycles. The van der Waals surface area contributed by atoms with Gasteiger partial charge in [0.1, 0.15) is 11.4 Å². The highest BCUT2D eigenvalue weighted by Crippen LogP contribution is 2.36. The maximum Gasteiger partial charge on any atom is 0.282 e. The molecule has 180 valence electrons. The molecule has 1 aliphatic rings. The number of carbonyl (C=O) groups excluding carboxylic acids is 2. The number of ether oxygens (including phenoxy) is 1. The fraction of sp³-hybridized carbons (Fsp3) is 0.267. The first-order valence-electron chi connectivity index (χ1n) is 11.9. The quantitative estimate of drug-likeness (QED) is 0.426. The summed E-state index contributed by atoms with van der Waals surface area (Å²) in [5, 5.41) is 3.26. The fourth-order valence-electron chi connectivity index (χ4n) is 4.19. The molecule has 5 nitrogen and oxygen atoms in total. The van der Waals surface area contributed by atoms with E-state index in [4.69, 9.17) is 4.74 Å². The van der Waals surface area contributed by atoms with Crippen LogP contribution in [0.3, 0.4) is 0 Å². The second-order valence-corrected chi connectivity index (χ2v) is 9.82. The average molecular weight is 469 g/mol. The van der Waals surface area contributed by atoms with Gasteiger partial charge in [0.05, 0.1) is 17.9 Å². The van der Waals surface area contributed by atoms with Crippen molar-refractivity contribution in [3.63, 3.8) is 0 Å². The summed E-state index contributed by atoms with van der Waals surface area (Å²) in [7, 11) is 0. The Morgan fingerprint density at radius 1 is 0.857 bits per heavy atom. The Kier molecular flexibility index (Phi) is 6.53. The van der Waals surface area contributed by atoms with Crippen LogP contribution in [-0.4, -0.2) is 18.4 Å². The minimum absolute atomic E-state index is 0.0178. The first-order chi connectivity index (χ1) is 16.6. The van der Waals surface area contributed by atoms with E-state index in [1.54, 1.807) is 0 Å². The molecule has 5 heteroatoms. The van der Waals surface area contributed by atoms with Crippen LogP contribution in [0.5, 0.6) is 5.75 Å². The van der Waals surface area contributed by atoms with Gasteiger partial charge in [-0.2, -0.15) is 0 Å². The lowest BCUT2D eigenvalue weighted by Gasteiger charge is -2.20. The van der Waals surface area contributed by atoms with Crippen molar-refractivity contribution in [3.05, 3.63) is 94.7 Å². The second kappa shape index (κ2) is 9.41. The van der Waals surface area contributed by atoms with Crippen molar-refractivity contribution < 1.29 is 14.3 Å². The van der Waals surface area contributed by atoms with Gasteiger partial charge < -0.3 is 10.1 Å². The third-order valence-electron chi connectivity index (χ3n) is 6.38. The number of hydrogen-bond acceptors (Lipinski definition) is 4. The van der Waals surface area contributed by atoms with E-state index in [0.29, 0.717) is 29.2 Å². The standard InChI is InChI=1S/C30H32N2O3/c1-7-35-24-17-11-21(12-18-24)26-27(31-23-15-13-22(14-16-23)30(4,5)6)29(34)32(28(26)33)25-10-8-9-19(2)20(25)3/h8-18,31H,7H2,1-6H3. The molecule has 1 N–H and O–H groups in total. The number of imide groups is 1. The van der Waals surface area contributed by atoms with Crippen LogP contribution in [0.2, 0.25) is 0 Å². The zero-order chi connectivity index (χ0) is 25.3. The molecule has 0 atom stereocenters. The van der Waals surface area contributed by atoms with Crippen LogP contribution in [0.1, 0.15) is 49.9 Å². The van der Waals surface area contributed by atoms with Gasteiger partial charge in [-0.1, -0.05) is 57.2 Å². The van der Waals surface area contributed by atoms with Crippen LogP contribution in [0.25, 0.3) is 5.57 Å². The van der Waals surface area contributed by atoms with Gasteiger partial charge in [-0.15, -0.1) is 0 Å². The topological polar surface area (TPSA) is 58.6 Å². The van der Waals surface area contributed by atoms with Crippen LogP contribution in [0.4, 0.5) is 11.4 Å². The van der Waals surface area contributed by atoms with Gasteiger partial charge in [0.15, 0.2) is 0 Å². The molecule has 0 aliphatic carbocycles. The van der Waals surface area contributed by atoms with Crippen molar-refractivity contribution in [2.45, 2.75) is 47.0 Å². The third kappa shape index (κ3) is 4.72. The summed E-state index contributed by atoms with van der Waals surface area (Å²) in [4.78, 5) is 28.8. The number of carbonyl (C=O) groups is 2. The Balaban J connectivity index is 1.79. The predicted octanol–water partition coefficient (Wildman–Crippen LogP) is 6.40. The SMILES string of the molecule is CCOc1ccc(C2=C(Nc3ccc(C(C)(C)C)cc3)C(=O)N(c3cccc(C)c3C)C2=O)cc1. The summed E-state index contributed by atoms with van der Waals surface area (Å²) in [5.41, 5.74) is 5.75. The van der Waals surface area contributed by atoms with Crippen molar-refractivity contribution in [2.75, 3.05) is 16.8 Å². The Morgan fingerprint density at radius 2 is 1.51 bits per heavy atom. The lowest BCUT2D eigenvalue weighted by atomic mass is 9.87. The first-order valence-corrected chi connectivity index (χ1v) is 11.9. The number of nitrogens with one attached hydrogen (secondary N) is 1. The molecule has 1 aliphatic heterocycles. The summed E-state index contributed by atoms with van der Waals surface area (Å²) >= 11 is 0. The summed E-state index contributed by atoms with van der Waals surface area (Å²) in [6.07, 6.45) is 0. The number of nitrogens with zero attached hydrogens (tertiary/aromatic N) is 1. The molecule has 0 saturated carbocycles. The van der Waals surface area contributed by atoms with Crippen LogP contribution < -0.4 is 15.0 Å². The smallest absolute Gasteiger partial charge is 0.282 e. The maximum absolute atomic E-state index is 13.8. The van der Waals surface area contributed by atoms with E-state index in [-0.39, 0.29) is 22.9 Å². The van der Waals surface area contributed by atoms with Crippen LogP contribution >= 0.6 is 0 Å². The summed E-state index contributed by atoms with van der Waals surface area (Å²) in [5.74, 6) is 0.00133. The summed E-state index contributed by atoms with van der Waals surface area (Å²) < 4.78 is 5.56. The molecular weight excluding hydrogens is 436 g/mol. The van der Waals surface area contributed by atoms with Crippen LogP contribution in [-0.2, 0) is 15.0 Å². The number of anilines is 2. The lowest BCUT2D eigenvalue weighted by Crippen LogP contribution is -2.33. The van der Waals surface area contributed by atoms with Crippen molar-refractivity contribution in [3.8, 4) is 5.75 Å². The molecule has 0 saturated heterocycles. The second-order valence-electron chi connectivity index (χ2n) is 9.82. The monoisotopic (exact) mass is 468 g/mol.